The molecule has 1 saturated heterocycles. The van der Waals surface area contributed by atoms with E-state index in [1.165, 1.54) is 52.1 Å². The lowest BCUT2D eigenvalue weighted by atomic mass is 10.1. The fraction of sp³-hybridized carbons (Fsp3) is 1.00. The number of piperazine rings is 1. The topological polar surface area (TPSA) is 6.48 Å². The van der Waals surface area contributed by atoms with Gasteiger partial charge in [-0.1, -0.05) is 27.2 Å². The Morgan fingerprint density at radius 2 is 1.57 bits per heavy atom. The van der Waals surface area contributed by atoms with Gasteiger partial charge in [0.05, 0.1) is 0 Å². The zero-order chi connectivity index (χ0) is 10.4. The van der Waals surface area contributed by atoms with Crippen molar-refractivity contribution in [3.8, 4) is 0 Å². The molecule has 1 aliphatic heterocycles. The first-order valence-electron chi connectivity index (χ1n) is 6.21. The molecule has 1 atom stereocenters. The molecule has 1 aliphatic rings. The highest BCUT2D eigenvalue weighted by molar-refractivity contribution is 4.72. The van der Waals surface area contributed by atoms with Crippen molar-refractivity contribution in [1.29, 1.82) is 0 Å². The third kappa shape index (κ3) is 3.97. The second kappa shape index (κ2) is 6.41. The van der Waals surface area contributed by atoms with Gasteiger partial charge in [0.15, 0.2) is 0 Å². The maximum atomic E-state index is 2.63. The zero-order valence-corrected chi connectivity index (χ0v) is 10.1. The molecule has 2 nitrogen and oxygen atoms in total. The Balaban J connectivity index is 2.15. The predicted molar refractivity (Wildman–Crippen MR) is 62.6 cm³/mol. The summed E-state index contributed by atoms with van der Waals surface area (Å²) in [6.45, 7) is 14.6. The standard InChI is InChI=1S/C12H26N2/c1-4-6-12(3)11-14-9-7-13(5-2)8-10-14/h12H,4-11H2,1-3H3. The smallest absolute Gasteiger partial charge is 0.0110 e. The molecular formula is C12H26N2. The van der Waals surface area contributed by atoms with Crippen LogP contribution >= 0.6 is 0 Å². The molecular weight excluding hydrogens is 172 g/mol. The fourth-order valence-corrected chi connectivity index (χ4v) is 2.31. The van der Waals surface area contributed by atoms with Gasteiger partial charge in [-0.3, -0.25) is 0 Å². The van der Waals surface area contributed by atoms with Crippen molar-refractivity contribution in [2.24, 2.45) is 5.92 Å². The van der Waals surface area contributed by atoms with Crippen molar-refractivity contribution in [2.45, 2.75) is 33.6 Å². The minimum atomic E-state index is 0.883. The largest absolute Gasteiger partial charge is 0.301 e. The van der Waals surface area contributed by atoms with Crippen molar-refractivity contribution in [3.63, 3.8) is 0 Å². The van der Waals surface area contributed by atoms with E-state index < -0.39 is 0 Å². The number of likely N-dealkylation sites (N-methyl/N-ethyl adjacent to an activating group) is 1. The predicted octanol–water partition coefficient (Wildman–Crippen LogP) is 2.06. The molecule has 84 valence electrons. The number of hydrogen-bond acceptors (Lipinski definition) is 2. The number of rotatable bonds is 5. The normalized spacial score (nSPS) is 22.5. The van der Waals surface area contributed by atoms with Crippen molar-refractivity contribution >= 4 is 0 Å². The summed E-state index contributed by atoms with van der Waals surface area (Å²) < 4.78 is 0. The van der Waals surface area contributed by atoms with Gasteiger partial charge in [-0.15, -0.1) is 0 Å². The zero-order valence-electron chi connectivity index (χ0n) is 10.1. The fourth-order valence-electron chi connectivity index (χ4n) is 2.31. The highest BCUT2D eigenvalue weighted by Gasteiger charge is 2.16. The SMILES string of the molecule is CCCC(C)CN1CCN(CC)CC1. The summed E-state index contributed by atoms with van der Waals surface area (Å²) in [6.07, 6.45) is 2.71. The van der Waals surface area contributed by atoms with Gasteiger partial charge >= 0.3 is 0 Å². The Labute approximate surface area is 89.3 Å². The van der Waals surface area contributed by atoms with Crippen LogP contribution in [-0.2, 0) is 0 Å². The summed E-state index contributed by atoms with van der Waals surface area (Å²) in [4.78, 5) is 5.17. The molecule has 0 amide bonds. The Bertz CT molecular complexity index is 139. The van der Waals surface area contributed by atoms with Gasteiger partial charge in [-0.25, -0.2) is 0 Å². The highest BCUT2D eigenvalue weighted by Crippen LogP contribution is 2.09. The molecule has 0 aromatic heterocycles. The van der Waals surface area contributed by atoms with E-state index >= 15 is 0 Å². The van der Waals surface area contributed by atoms with Crippen molar-refractivity contribution in [2.75, 3.05) is 39.3 Å². The van der Waals surface area contributed by atoms with Gasteiger partial charge in [0.25, 0.3) is 0 Å². The van der Waals surface area contributed by atoms with E-state index in [1.807, 2.05) is 0 Å². The summed E-state index contributed by atoms with van der Waals surface area (Å²) in [5.41, 5.74) is 0. The van der Waals surface area contributed by atoms with Crippen LogP contribution in [0.4, 0.5) is 0 Å². The Morgan fingerprint density at radius 3 is 2.07 bits per heavy atom. The average Bonchev–Trinajstić information content (AvgIpc) is 2.19. The van der Waals surface area contributed by atoms with Gasteiger partial charge in [0.2, 0.25) is 0 Å². The molecule has 1 fully saturated rings. The van der Waals surface area contributed by atoms with E-state index in [0.29, 0.717) is 0 Å². The van der Waals surface area contributed by atoms with Gasteiger partial charge in [0, 0.05) is 32.7 Å². The van der Waals surface area contributed by atoms with Crippen LogP contribution in [0, 0.1) is 5.92 Å². The third-order valence-electron chi connectivity index (χ3n) is 3.26. The third-order valence-corrected chi connectivity index (χ3v) is 3.26. The van der Waals surface area contributed by atoms with Crippen LogP contribution in [0.15, 0.2) is 0 Å². The van der Waals surface area contributed by atoms with E-state index in [9.17, 15) is 0 Å². The molecule has 1 heterocycles. The highest BCUT2D eigenvalue weighted by atomic mass is 15.3. The monoisotopic (exact) mass is 198 g/mol. The molecule has 0 bridgehead atoms. The van der Waals surface area contributed by atoms with Crippen LogP contribution < -0.4 is 0 Å². The maximum Gasteiger partial charge on any atom is 0.0110 e. The minimum Gasteiger partial charge on any atom is -0.301 e. The maximum absolute atomic E-state index is 2.63. The molecule has 0 aliphatic carbocycles. The molecule has 0 N–H and O–H groups in total. The summed E-state index contributed by atoms with van der Waals surface area (Å²) in [7, 11) is 0. The lowest BCUT2D eigenvalue weighted by molar-refractivity contribution is 0.122. The summed E-state index contributed by atoms with van der Waals surface area (Å²) in [6, 6.07) is 0. The van der Waals surface area contributed by atoms with Crippen molar-refractivity contribution in [1.82, 2.24) is 9.80 Å². The van der Waals surface area contributed by atoms with Crippen LogP contribution in [0.25, 0.3) is 0 Å². The van der Waals surface area contributed by atoms with Crippen molar-refractivity contribution < 1.29 is 0 Å². The summed E-state index contributed by atoms with van der Waals surface area (Å²) >= 11 is 0. The first kappa shape index (κ1) is 12.0. The quantitative estimate of drug-likeness (QED) is 0.667. The van der Waals surface area contributed by atoms with Crippen molar-refractivity contribution in [3.05, 3.63) is 0 Å². The summed E-state index contributed by atoms with van der Waals surface area (Å²) in [5.74, 6) is 0.883. The minimum absolute atomic E-state index is 0.883. The van der Waals surface area contributed by atoms with Gasteiger partial charge in [-0.2, -0.15) is 0 Å². The van der Waals surface area contributed by atoms with Gasteiger partial charge in [-0.05, 0) is 18.9 Å². The van der Waals surface area contributed by atoms with E-state index in [-0.39, 0.29) is 0 Å². The first-order valence-corrected chi connectivity index (χ1v) is 6.21. The molecule has 14 heavy (non-hydrogen) atoms. The molecule has 1 unspecified atom stereocenters. The molecule has 2 heteroatoms. The van der Waals surface area contributed by atoms with Crippen LogP contribution in [0.2, 0.25) is 0 Å². The number of hydrogen-bond donors (Lipinski definition) is 0. The molecule has 0 saturated carbocycles. The van der Waals surface area contributed by atoms with E-state index in [1.54, 1.807) is 0 Å². The van der Waals surface area contributed by atoms with Crippen LogP contribution in [-0.4, -0.2) is 49.1 Å². The molecule has 0 radical (unpaired) electrons. The lowest BCUT2D eigenvalue weighted by Crippen LogP contribution is -2.47. The first-order chi connectivity index (χ1) is 6.76. The van der Waals surface area contributed by atoms with Gasteiger partial charge < -0.3 is 9.80 Å². The molecule has 0 spiro atoms. The summed E-state index contributed by atoms with van der Waals surface area (Å²) in [5, 5.41) is 0. The van der Waals surface area contributed by atoms with Crippen LogP contribution in [0.5, 0.6) is 0 Å². The molecule has 0 aromatic carbocycles. The van der Waals surface area contributed by atoms with Gasteiger partial charge in [0.1, 0.15) is 0 Å². The van der Waals surface area contributed by atoms with Crippen LogP contribution in [0.1, 0.15) is 33.6 Å². The Morgan fingerprint density at radius 1 is 1.00 bits per heavy atom. The molecule has 0 aromatic rings. The Hall–Kier alpha value is -0.0800. The molecule has 1 rings (SSSR count). The lowest BCUT2D eigenvalue weighted by Gasteiger charge is -2.35. The second-order valence-corrected chi connectivity index (χ2v) is 4.63. The number of nitrogens with zero attached hydrogens (tertiary/aromatic N) is 2. The van der Waals surface area contributed by atoms with E-state index in [2.05, 4.69) is 30.6 Å². The Kier molecular flexibility index (Phi) is 5.49. The van der Waals surface area contributed by atoms with Crippen LogP contribution in [0.3, 0.4) is 0 Å². The van der Waals surface area contributed by atoms with E-state index in [4.69, 9.17) is 0 Å². The second-order valence-electron chi connectivity index (χ2n) is 4.63. The van der Waals surface area contributed by atoms with E-state index in [0.717, 1.165) is 5.92 Å². The average molecular weight is 198 g/mol.